The molecule has 0 heterocycles. The Labute approximate surface area is 238 Å². The fourth-order valence-electron chi connectivity index (χ4n) is 4.32. The van der Waals surface area contributed by atoms with Crippen LogP contribution in [0.1, 0.15) is 47.1 Å². The molecule has 0 bridgehead atoms. The van der Waals surface area contributed by atoms with Crippen LogP contribution >= 0.6 is 11.8 Å². The van der Waals surface area contributed by atoms with Crippen molar-refractivity contribution >= 4 is 40.0 Å². The van der Waals surface area contributed by atoms with Gasteiger partial charge in [-0.2, -0.15) is 0 Å². The number of thioether (sulfide) groups is 1. The second-order valence-electron chi connectivity index (χ2n) is 10.8. The third-order valence-electron chi connectivity index (χ3n) is 6.40. The van der Waals surface area contributed by atoms with E-state index in [1.54, 1.807) is 12.1 Å². The molecule has 0 saturated heterocycles. The van der Waals surface area contributed by atoms with Crippen molar-refractivity contribution < 1.29 is 19.8 Å². The van der Waals surface area contributed by atoms with E-state index in [0.717, 1.165) is 15.7 Å². The van der Waals surface area contributed by atoms with Crippen LogP contribution in [-0.2, 0) is 6.42 Å². The summed E-state index contributed by atoms with van der Waals surface area (Å²) in [5, 5.41) is 29.5. The van der Waals surface area contributed by atoms with Crippen molar-refractivity contribution in [3.63, 3.8) is 0 Å². The molecule has 0 fully saturated rings. The number of nitrogens with one attached hydrogen (secondary N) is 2. The molecule has 2 amide bonds. The standard InChI is InChI=1S/C32H35N3O4S/c1-32(2,3)35-31(39)25-11-7-6-10-22(25)17-29(37)27(34-30(38)23-13-15-26(33)28(36)18-23)19-40-24-14-12-20-8-4-5-9-21(20)16-24/h4-16,18,27,29,36-37H,17,19,33H2,1-3H3,(H,34,38)(H,35,39)/t27-,29+/m0/s1. The second kappa shape index (κ2) is 12.4. The highest BCUT2D eigenvalue weighted by Gasteiger charge is 2.26. The quantitative estimate of drug-likeness (QED) is 0.110. The van der Waals surface area contributed by atoms with Gasteiger partial charge in [-0.15, -0.1) is 11.8 Å². The molecule has 4 aromatic carbocycles. The van der Waals surface area contributed by atoms with E-state index in [1.165, 1.54) is 30.0 Å². The maximum atomic E-state index is 13.1. The molecule has 8 heteroatoms. The Morgan fingerprint density at radius 3 is 2.33 bits per heavy atom. The number of carbonyl (C=O) groups excluding carboxylic acids is 2. The van der Waals surface area contributed by atoms with Gasteiger partial charge in [-0.05, 0) is 73.5 Å². The van der Waals surface area contributed by atoms with Gasteiger partial charge in [0, 0.05) is 33.7 Å². The average molecular weight is 558 g/mol. The van der Waals surface area contributed by atoms with Gasteiger partial charge in [0.15, 0.2) is 0 Å². The summed E-state index contributed by atoms with van der Waals surface area (Å²) < 4.78 is 0. The van der Waals surface area contributed by atoms with Gasteiger partial charge in [0.25, 0.3) is 11.8 Å². The number of anilines is 1. The maximum absolute atomic E-state index is 13.1. The van der Waals surface area contributed by atoms with Crippen LogP contribution in [0.25, 0.3) is 10.8 Å². The van der Waals surface area contributed by atoms with Gasteiger partial charge in [-0.3, -0.25) is 9.59 Å². The van der Waals surface area contributed by atoms with Crippen molar-refractivity contribution in [1.29, 1.82) is 0 Å². The number of aliphatic hydroxyl groups is 1. The number of hydrogen-bond acceptors (Lipinski definition) is 6. The lowest BCUT2D eigenvalue weighted by Gasteiger charge is -2.26. The van der Waals surface area contributed by atoms with Gasteiger partial charge in [0.2, 0.25) is 0 Å². The molecule has 0 aliphatic rings. The Balaban J connectivity index is 1.57. The zero-order chi connectivity index (χ0) is 28.9. The Hall–Kier alpha value is -4.01. The average Bonchev–Trinajstić information content (AvgIpc) is 2.91. The van der Waals surface area contributed by atoms with Crippen molar-refractivity contribution in [2.45, 2.75) is 49.8 Å². The Morgan fingerprint density at radius 2 is 1.60 bits per heavy atom. The SMILES string of the molecule is CC(C)(C)NC(=O)c1ccccc1C[C@@H](O)[C@H](CSc1ccc2ccccc2c1)NC(=O)c1ccc(N)c(O)c1. The largest absolute Gasteiger partial charge is 0.506 e. The second-order valence-corrected chi connectivity index (χ2v) is 11.9. The fourth-order valence-corrected chi connectivity index (χ4v) is 5.38. The van der Waals surface area contributed by atoms with Crippen molar-refractivity contribution in [3.8, 4) is 5.75 Å². The molecule has 0 aromatic heterocycles. The van der Waals surface area contributed by atoms with E-state index in [-0.39, 0.29) is 29.3 Å². The first kappa shape index (κ1) is 29.0. The number of aromatic hydroxyl groups is 1. The number of amides is 2. The molecular weight excluding hydrogens is 522 g/mol. The molecule has 0 saturated carbocycles. The van der Waals surface area contributed by atoms with Gasteiger partial charge < -0.3 is 26.6 Å². The Bertz CT molecular complexity index is 1520. The highest BCUT2D eigenvalue weighted by molar-refractivity contribution is 7.99. The van der Waals surface area contributed by atoms with Crippen LogP contribution in [0.15, 0.2) is 89.8 Å². The highest BCUT2D eigenvalue weighted by atomic mass is 32.2. The molecule has 0 radical (unpaired) electrons. The zero-order valence-electron chi connectivity index (χ0n) is 22.8. The lowest BCUT2D eigenvalue weighted by atomic mass is 9.97. The first-order valence-corrected chi connectivity index (χ1v) is 14.1. The molecule has 4 rings (SSSR count). The lowest BCUT2D eigenvalue weighted by molar-refractivity contribution is 0.0849. The van der Waals surface area contributed by atoms with Crippen LogP contribution < -0.4 is 16.4 Å². The van der Waals surface area contributed by atoms with E-state index >= 15 is 0 Å². The zero-order valence-corrected chi connectivity index (χ0v) is 23.7. The van der Waals surface area contributed by atoms with Crippen molar-refractivity contribution in [3.05, 3.63) is 102 Å². The number of aliphatic hydroxyl groups excluding tert-OH is 1. The minimum Gasteiger partial charge on any atom is -0.506 e. The van der Waals surface area contributed by atoms with Crippen molar-refractivity contribution in [2.24, 2.45) is 0 Å². The van der Waals surface area contributed by atoms with E-state index in [2.05, 4.69) is 16.7 Å². The minimum absolute atomic E-state index is 0.157. The predicted molar refractivity (Wildman–Crippen MR) is 162 cm³/mol. The molecule has 0 unspecified atom stereocenters. The molecular formula is C32H35N3O4S. The molecule has 0 aliphatic heterocycles. The smallest absolute Gasteiger partial charge is 0.251 e. The topological polar surface area (TPSA) is 125 Å². The van der Waals surface area contributed by atoms with E-state index in [9.17, 15) is 19.8 Å². The first-order valence-electron chi connectivity index (χ1n) is 13.1. The van der Waals surface area contributed by atoms with Crippen LogP contribution in [-0.4, -0.2) is 45.5 Å². The predicted octanol–water partition coefficient (Wildman–Crippen LogP) is 5.15. The van der Waals surface area contributed by atoms with Gasteiger partial charge >= 0.3 is 0 Å². The summed E-state index contributed by atoms with van der Waals surface area (Å²) in [7, 11) is 0. The molecule has 4 aromatic rings. The highest BCUT2D eigenvalue weighted by Crippen LogP contribution is 2.26. The molecule has 2 atom stereocenters. The molecule has 208 valence electrons. The van der Waals surface area contributed by atoms with Crippen LogP contribution in [0, 0.1) is 0 Å². The summed E-state index contributed by atoms with van der Waals surface area (Å²) in [6.45, 7) is 5.73. The lowest BCUT2D eigenvalue weighted by Crippen LogP contribution is -2.46. The van der Waals surface area contributed by atoms with Gasteiger partial charge in [-0.25, -0.2) is 0 Å². The van der Waals surface area contributed by atoms with Crippen LogP contribution in [0.2, 0.25) is 0 Å². The van der Waals surface area contributed by atoms with Crippen molar-refractivity contribution in [2.75, 3.05) is 11.5 Å². The number of carbonyl (C=O) groups is 2. The monoisotopic (exact) mass is 557 g/mol. The Kier molecular flexibility index (Phi) is 9.02. The van der Waals surface area contributed by atoms with Gasteiger partial charge in [-0.1, -0.05) is 48.5 Å². The molecule has 6 N–H and O–H groups in total. The number of phenols is 1. The summed E-state index contributed by atoms with van der Waals surface area (Å²) >= 11 is 1.52. The van der Waals surface area contributed by atoms with Crippen molar-refractivity contribution in [1.82, 2.24) is 10.6 Å². The van der Waals surface area contributed by atoms with Crippen LogP contribution in [0.3, 0.4) is 0 Å². The summed E-state index contributed by atoms with van der Waals surface area (Å²) in [6.07, 6.45) is -0.841. The van der Waals surface area contributed by atoms with Gasteiger partial charge in [0.1, 0.15) is 5.75 Å². The third-order valence-corrected chi connectivity index (χ3v) is 7.52. The summed E-state index contributed by atoms with van der Waals surface area (Å²) in [5.41, 5.74) is 6.83. The molecule has 40 heavy (non-hydrogen) atoms. The number of fused-ring (bicyclic) bond motifs is 1. The molecule has 7 nitrogen and oxygen atoms in total. The maximum Gasteiger partial charge on any atom is 0.251 e. The van der Waals surface area contributed by atoms with E-state index in [1.807, 2.05) is 69.3 Å². The van der Waals surface area contributed by atoms with Crippen LogP contribution in [0.5, 0.6) is 5.75 Å². The normalized spacial score (nSPS) is 13.0. The Morgan fingerprint density at radius 1 is 0.900 bits per heavy atom. The van der Waals surface area contributed by atoms with E-state index in [0.29, 0.717) is 16.9 Å². The molecule has 0 aliphatic carbocycles. The minimum atomic E-state index is -0.997. The van der Waals surface area contributed by atoms with Crippen LogP contribution in [0.4, 0.5) is 5.69 Å². The number of benzene rings is 4. The summed E-state index contributed by atoms with van der Waals surface area (Å²) in [4.78, 5) is 27.1. The first-order chi connectivity index (χ1) is 19.0. The third kappa shape index (κ3) is 7.55. The number of rotatable bonds is 9. The van der Waals surface area contributed by atoms with Gasteiger partial charge in [0.05, 0.1) is 17.8 Å². The fraction of sp³-hybridized carbons (Fsp3) is 0.250. The number of phenolic OH excluding ortho intramolecular Hbond substituents is 1. The number of hydrogen-bond donors (Lipinski definition) is 5. The summed E-state index contributed by atoms with van der Waals surface area (Å²) in [6, 6.07) is 25.0. The summed E-state index contributed by atoms with van der Waals surface area (Å²) in [5.74, 6) is -0.479. The number of nitrogen functional groups attached to an aromatic ring is 1. The molecule has 0 spiro atoms. The van der Waals surface area contributed by atoms with E-state index in [4.69, 9.17) is 5.73 Å². The number of nitrogens with two attached hydrogens (primary N) is 1. The van der Waals surface area contributed by atoms with E-state index < -0.39 is 23.6 Å².